The summed E-state index contributed by atoms with van der Waals surface area (Å²) in [5.41, 5.74) is -3.01. The topological polar surface area (TPSA) is 84.9 Å². The fourth-order valence-corrected chi connectivity index (χ4v) is 15.8. The van der Waals surface area contributed by atoms with Gasteiger partial charge in [-0.15, -0.1) is 0 Å². The maximum atomic E-state index is 16.1. The van der Waals surface area contributed by atoms with Gasteiger partial charge in [-0.05, 0) is 49.7 Å². The maximum absolute atomic E-state index is 16.1. The summed E-state index contributed by atoms with van der Waals surface area (Å²) in [5, 5.41) is -0.724. The Labute approximate surface area is 674 Å². The van der Waals surface area contributed by atoms with Gasteiger partial charge in [0, 0.05) is 25.0 Å². The molecule has 0 radical (unpaired) electrons. The highest BCUT2D eigenvalue weighted by molar-refractivity contribution is 6.92. The smallest absolute Gasteiger partial charge is 0.460 e. The molecule has 756 valence electrons. The number of carbonyl (C=O) groups excluding carboxylic acids is 3. The lowest BCUT2D eigenvalue weighted by Gasteiger charge is -2.45. The van der Waals surface area contributed by atoms with Gasteiger partial charge in [0.25, 0.3) is 0 Å². The van der Waals surface area contributed by atoms with Gasteiger partial charge >= 0.3 is 196 Å². The Morgan fingerprint density at radius 1 is 0.308 bits per heavy atom. The Balaban J connectivity index is 2.74. The van der Waals surface area contributed by atoms with Gasteiger partial charge < -0.3 is 14.8 Å². The van der Waals surface area contributed by atoms with Crippen LogP contribution in [-0.2, 0) is 14.3 Å². The van der Waals surface area contributed by atoms with Crippen LogP contribution in [0.4, 0.5) is 281 Å². The van der Waals surface area contributed by atoms with E-state index < -0.39 is 314 Å². The highest BCUT2D eigenvalue weighted by Crippen LogP contribution is 2.72. The highest BCUT2D eigenvalue weighted by Gasteiger charge is 3.02. The lowest BCUT2D eigenvalue weighted by molar-refractivity contribution is -0.474. The molecule has 1 aliphatic rings. The molecule has 0 spiro atoms. The van der Waals surface area contributed by atoms with E-state index in [-0.39, 0.29) is 5.56 Å². The number of hydrogen-bond donors (Lipinski definition) is 1. The third kappa shape index (κ3) is 16.6. The summed E-state index contributed by atoms with van der Waals surface area (Å²) in [6.07, 6.45) is -41.3. The van der Waals surface area contributed by atoms with Crippen molar-refractivity contribution in [3.05, 3.63) is 77.0 Å². The summed E-state index contributed by atoms with van der Waals surface area (Å²) in [4.78, 5) is 40.1. The van der Waals surface area contributed by atoms with Gasteiger partial charge in [-0.25, -0.2) is 14.4 Å². The fraction of sp³-hybridized carbons (Fsp3) is 0.712. The zero-order valence-corrected chi connectivity index (χ0v) is 61.4. The van der Waals surface area contributed by atoms with E-state index in [4.69, 9.17) is 4.74 Å². The SMILES string of the molecule is CCOC(=O)C1=C(C)N(CCOC(=O)c2ccc([Si](CCC(F)(F)C(F)(F)C(F)(F)C(F)(F)C(F)(F)C(F)(F)C(F)(F)C(F)(F)C(F)(F)C(F)(F)F)(CCC(F)(F)C(F)(F)C(F)(F)C(F)(F)C(F)(F)C(F)(F)C(F)(F)C(F)(F)C(F)(F)C(F)(F)F)CCC(F)(F)C(F)(F)C(F)(F)C(F)(F)C(F)(F)C(F)(F)C(F)(F)C(F)(F)C(F)(F)C(F)(F)F)cc2)C(=O)NC1c1ccccc1. The molecule has 0 saturated heterocycles. The number of esters is 2. The van der Waals surface area contributed by atoms with Crippen molar-refractivity contribution in [1.29, 1.82) is 0 Å². The number of benzene rings is 2. The van der Waals surface area contributed by atoms with Gasteiger partial charge in [0.15, 0.2) is 0 Å². The molecule has 0 fully saturated rings. The predicted molar refractivity (Wildman–Crippen MR) is 296 cm³/mol. The van der Waals surface area contributed by atoms with Crippen LogP contribution in [0.5, 0.6) is 0 Å². The van der Waals surface area contributed by atoms with E-state index in [2.05, 4.69) is 10.1 Å². The number of allylic oxidation sites excluding steroid dienone is 1. The lowest BCUT2D eigenvalue weighted by atomic mass is 9.86. The molecule has 3 rings (SSSR count). The Kier molecular flexibility index (Phi) is 29.8. The number of hydrogen-bond acceptors (Lipinski definition) is 5. The number of rotatable bonds is 41. The summed E-state index contributed by atoms with van der Waals surface area (Å²) >= 11 is 0. The van der Waals surface area contributed by atoms with Gasteiger partial charge in [0.2, 0.25) is 0 Å². The molecule has 71 heteroatoms. The number of alkyl halides is 63. The van der Waals surface area contributed by atoms with Crippen LogP contribution in [-0.4, -0.2) is 229 Å². The van der Waals surface area contributed by atoms with E-state index in [1.165, 1.54) is 30.3 Å². The van der Waals surface area contributed by atoms with E-state index in [1.807, 2.05) is 0 Å². The first-order valence-corrected chi connectivity index (χ1v) is 34.8. The molecule has 7 nitrogen and oxygen atoms in total. The van der Waals surface area contributed by atoms with Crippen molar-refractivity contribution >= 4 is 31.2 Å². The number of nitrogens with zero attached hydrogens (tertiary/aromatic N) is 1. The Bertz CT molecular complexity index is 4080. The minimum absolute atomic E-state index is 0.00538. The van der Waals surface area contributed by atoms with Crippen molar-refractivity contribution in [2.45, 2.75) is 236 Å². The molecule has 1 N–H and O–H groups in total. The van der Waals surface area contributed by atoms with Crippen LogP contribution in [0.2, 0.25) is 18.1 Å². The molecule has 0 saturated carbocycles. The molecular formula is C59H35F63N2O5Si. The van der Waals surface area contributed by atoms with Gasteiger partial charge in [-0.3, -0.25) is 4.90 Å². The fourth-order valence-electron chi connectivity index (χ4n) is 10.9. The second-order valence-electron chi connectivity index (χ2n) is 27.1. The monoisotopic (exact) mass is 2080 g/mol. The van der Waals surface area contributed by atoms with Crippen molar-refractivity contribution < 1.29 is 300 Å². The zero-order valence-electron chi connectivity index (χ0n) is 60.4. The first-order valence-electron chi connectivity index (χ1n) is 32.2. The van der Waals surface area contributed by atoms with E-state index in [9.17, 15) is 186 Å². The Hall–Kier alpha value is -7.80. The second kappa shape index (κ2) is 33.3. The minimum Gasteiger partial charge on any atom is -0.463 e. The quantitative estimate of drug-likeness (QED) is 0.0407. The number of urea groups is 1. The highest BCUT2D eigenvalue weighted by atomic mass is 28.3. The van der Waals surface area contributed by atoms with Crippen molar-refractivity contribution in [1.82, 2.24) is 10.2 Å². The third-order valence-corrected chi connectivity index (χ3v) is 24.2. The molecule has 0 aromatic heterocycles. The lowest BCUT2D eigenvalue weighted by Crippen LogP contribution is -2.77. The molecule has 2 amide bonds. The van der Waals surface area contributed by atoms with Crippen molar-refractivity contribution in [2.75, 3.05) is 19.8 Å². The molecule has 1 atom stereocenters. The Morgan fingerprint density at radius 3 is 0.754 bits per heavy atom. The summed E-state index contributed by atoms with van der Waals surface area (Å²) in [7, 11) is -8.49. The first kappa shape index (κ1) is 116. The molecule has 1 heterocycles. The molecule has 0 bridgehead atoms. The van der Waals surface area contributed by atoms with Gasteiger partial charge in [0.1, 0.15) is 6.61 Å². The number of nitrogens with one attached hydrogen (secondary N) is 1. The van der Waals surface area contributed by atoms with Crippen LogP contribution in [0.25, 0.3) is 0 Å². The summed E-state index contributed by atoms with van der Waals surface area (Å²) in [5.74, 6) is -269. The van der Waals surface area contributed by atoms with Crippen LogP contribution < -0.4 is 10.5 Å². The Morgan fingerprint density at radius 2 is 0.531 bits per heavy atom. The summed E-state index contributed by atoms with van der Waals surface area (Å²) in [6, 6.07) is -13.2. The molecule has 1 aliphatic heterocycles. The average Bonchev–Trinajstić information content (AvgIpc) is 0.691. The van der Waals surface area contributed by atoms with E-state index in [0.29, 0.717) is 4.90 Å². The van der Waals surface area contributed by atoms with Crippen molar-refractivity contribution in [2.24, 2.45) is 0 Å². The second-order valence-corrected chi connectivity index (χ2v) is 31.7. The normalized spacial score (nSPS) is 17.3. The number of ether oxygens (including phenoxy) is 2. The van der Waals surface area contributed by atoms with Crippen LogP contribution in [0, 0.1) is 0 Å². The van der Waals surface area contributed by atoms with Crippen LogP contribution >= 0.6 is 0 Å². The van der Waals surface area contributed by atoms with E-state index >= 15 is 105 Å². The van der Waals surface area contributed by atoms with Gasteiger partial charge in [0.05, 0.1) is 38.4 Å². The molecule has 0 aliphatic carbocycles. The van der Waals surface area contributed by atoms with Crippen molar-refractivity contribution in [3.8, 4) is 0 Å². The molecule has 2 aromatic carbocycles. The zero-order chi connectivity index (χ0) is 104. The van der Waals surface area contributed by atoms with Crippen LogP contribution in [0.15, 0.2) is 65.9 Å². The van der Waals surface area contributed by atoms with Crippen molar-refractivity contribution in [3.63, 3.8) is 0 Å². The van der Waals surface area contributed by atoms with Gasteiger partial charge in [-0.1, -0.05) is 47.7 Å². The standard InChI is InChI=1S/C59H35F63N2O5Si/c1-3-128-28(126)25-21(2)124(29(127)123-26(25)22-7-5-4-6-8-22)16-17-129-27(125)23-9-11-24(12-10-23)130(18-13-30(60,61)33(66,67)36(72,73)39(78,79)42(84,85)45(90,91)48(96,97)51(102,103)54(108,109)57(114,115)116,19-14-31(62,63)34(68,69)37(74,75)40(80,81)43(86,87)46(92,93)49(98,99)52(104,105)55(110,111)58(117,118)119)20-15-32(64,65)35(70,71)38(76,77)41(82,83)44(88,89)47(94,95)50(100,101)53(106,107)56(112,113)59(120,121)122/h4-12,26H,3,13-20H2,1-2H3,(H,123,127). The average molecular weight is 2080 g/mol. The van der Waals surface area contributed by atoms with Crippen LogP contribution in [0.3, 0.4) is 0 Å². The number of carbonyl (C=O) groups is 3. The molecular weight excluding hydrogens is 2040 g/mol. The largest absolute Gasteiger partial charge is 0.463 e. The maximum Gasteiger partial charge on any atom is 0.460 e. The molecule has 130 heavy (non-hydrogen) atoms. The van der Waals surface area contributed by atoms with Gasteiger partial charge in [-0.2, -0.15) is 277 Å². The summed E-state index contributed by atoms with van der Waals surface area (Å²) < 4.78 is 922. The van der Waals surface area contributed by atoms with E-state index in [1.54, 1.807) is 0 Å². The number of halogens is 63. The van der Waals surface area contributed by atoms with E-state index in [0.717, 1.165) is 13.8 Å². The van der Waals surface area contributed by atoms with Crippen LogP contribution in [0.1, 0.15) is 55.1 Å². The number of amides is 2. The third-order valence-electron chi connectivity index (χ3n) is 19.0. The predicted octanol–water partition coefficient (Wildman–Crippen LogP) is 25.1. The minimum atomic E-state index is -10.3. The summed E-state index contributed by atoms with van der Waals surface area (Å²) in [6.45, 7) is -1.38. The molecule has 2 aromatic rings. The first-order chi connectivity index (χ1) is 56.5. The molecule has 1 unspecified atom stereocenters.